The minimum Gasteiger partial charge on any atom is -0.482 e. The van der Waals surface area contributed by atoms with Crippen LogP contribution in [-0.4, -0.2) is 56.0 Å². The van der Waals surface area contributed by atoms with E-state index in [2.05, 4.69) is 20.8 Å². The van der Waals surface area contributed by atoms with Crippen molar-refractivity contribution in [1.82, 2.24) is 4.90 Å². The summed E-state index contributed by atoms with van der Waals surface area (Å²) in [5, 5.41) is 0. The molecule has 2 aliphatic rings. The molecular formula is C27H32F3N3O3. The second-order valence-corrected chi connectivity index (χ2v) is 10.3. The highest BCUT2D eigenvalue weighted by Crippen LogP contribution is 2.36. The van der Waals surface area contributed by atoms with Gasteiger partial charge in [0.05, 0.1) is 11.3 Å². The van der Waals surface area contributed by atoms with Gasteiger partial charge in [-0.05, 0) is 47.7 Å². The van der Waals surface area contributed by atoms with Gasteiger partial charge in [-0.15, -0.1) is 0 Å². The highest BCUT2D eigenvalue weighted by molar-refractivity contribution is 5.98. The van der Waals surface area contributed by atoms with Crippen LogP contribution in [0.3, 0.4) is 0 Å². The molecule has 0 bridgehead atoms. The molecule has 4 rings (SSSR count). The van der Waals surface area contributed by atoms with Crippen LogP contribution in [0.1, 0.15) is 44.7 Å². The van der Waals surface area contributed by atoms with Gasteiger partial charge in [0, 0.05) is 44.8 Å². The van der Waals surface area contributed by atoms with E-state index in [0.29, 0.717) is 57.0 Å². The predicted molar refractivity (Wildman–Crippen MR) is 132 cm³/mol. The second-order valence-electron chi connectivity index (χ2n) is 10.3. The first-order chi connectivity index (χ1) is 16.9. The van der Waals surface area contributed by atoms with Crippen LogP contribution in [-0.2, 0) is 21.2 Å². The maximum absolute atomic E-state index is 13.0. The monoisotopic (exact) mass is 503 g/mol. The number of amides is 2. The SMILES string of the molecule is CC(C)(C)c1ccc2c(c1)N(CCCC(=O)N1CCN(c3cccc(C(F)(F)F)c3)CC1)C(=O)CO2. The molecule has 0 aromatic heterocycles. The lowest BCUT2D eigenvalue weighted by molar-refractivity contribution is -0.137. The van der Waals surface area contributed by atoms with E-state index < -0.39 is 11.7 Å². The molecule has 0 radical (unpaired) electrons. The Morgan fingerprint density at radius 3 is 2.36 bits per heavy atom. The van der Waals surface area contributed by atoms with Crippen molar-refractivity contribution in [2.24, 2.45) is 0 Å². The number of anilines is 2. The zero-order valence-electron chi connectivity index (χ0n) is 20.9. The molecule has 1 saturated heterocycles. The van der Waals surface area contributed by atoms with Gasteiger partial charge >= 0.3 is 6.18 Å². The van der Waals surface area contributed by atoms with Crippen LogP contribution < -0.4 is 14.5 Å². The number of alkyl halides is 3. The average Bonchev–Trinajstić information content (AvgIpc) is 2.84. The van der Waals surface area contributed by atoms with Crippen molar-refractivity contribution in [3.63, 3.8) is 0 Å². The molecule has 0 unspecified atom stereocenters. The molecule has 0 saturated carbocycles. The van der Waals surface area contributed by atoms with Gasteiger partial charge in [-0.1, -0.05) is 32.9 Å². The van der Waals surface area contributed by atoms with E-state index in [1.165, 1.54) is 6.07 Å². The fraction of sp³-hybridized carbons (Fsp3) is 0.481. The first kappa shape index (κ1) is 25.9. The summed E-state index contributed by atoms with van der Waals surface area (Å²) >= 11 is 0. The lowest BCUT2D eigenvalue weighted by atomic mass is 9.86. The summed E-state index contributed by atoms with van der Waals surface area (Å²) in [5.74, 6) is 0.526. The zero-order chi connectivity index (χ0) is 26.1. The zero-order valence-corrected chi connectivity index (χ0v) is 20.9. The van der Waals surface area contributed by atoms with Crippen LogP contribution in [0.4, 0.5) is 24.5 Å². The van der Waals surface area contributed by atoms with Crippen molar-refractivity contribution in [2.75, 3.05) is 49.1 Å². The number of nitrogens with zero attached hydrogens (tertiary/aromatic N) is 3. The topological polar surface area (TPSA) is 53.1 Å². The van der Waals surface area contributed by atoms with Crippen molar-refractivity contribution in [1.29, 1.82) is 0 Å². The molecule has 2 aromatic carbocycles. The maximum atomic E-state index is 13.0. The highest BCUT2D eigenvalue weighted by Gasteiger charge is 2.32. The number of carbonyl (C=O) groups is 2. The summed E-state index contributed by atoms with van der Waals surface area (Å²) in [6, 6.07) is 11.2. The Bertz CT molecular complexity index is 1120. The predicted octanol–water partition coefficient (Wildman–Crippen LogP) is 4.86. The quantitative estimate of drug-likeness (QED) is 0.585. The third kappa shape index (κ3) is 5.77. The van der Waals surface area contributed by atoms with Gasteiger partial charge in [0.1, 0.15) is 5.75 Å². The average molecular weight is 504 g/mol. The molecule has 9 heteroatoms. The first-order valence-electron chi connectivity index (χ1n) is 12.2. The molecule has 0 aliphatic carbocycles. The van der Waals surface area contributed by atoms with Crippen molar-refractivity contribution >= 4 is 23.2 Å². The summed E-state index contributed by atoms with van der Waals surface area (Å²) in [6.45, 7) is 8.55. The smallest absolute Gasteiger partial charge is 0.416 e. The van der Waals surface area contributed by atoms with Crippen molar-refractivity contribution in [3.05, 3.63) is 53.6 Å². The summed E-state index contributed by atoms with van der Waals surface area (Å²) in [6.07, 6.45) is -3.58. The number of hydrogen-bond acceptors (Lipinski definition) is 4. The number of hydrogen-bond donors (Lipinski definition) is 0. The summed E-state index contributed by atoms with van der Waals surface area (Å²) in [4.78, 5) is 30.7. The number of rotatable bonds is 5. The number of halogens is 3. The maximum Gasteiger partial charge on any atom is 0.416 e. The van der Waals surface area contributed by atoms with Crippen molar-refractivity contribution in [3.8, 4) is 5.75 Å². The third-order valence-corrected chi connectivity index (χ3v) is 6.71. The molecule has 36 heavy (non-hydrogen) atoms. The molecule has 2 aromatic rings. The van der Waals surface area contributed by atoms with E-state index in [1.807, 2.05) is 23.1 Å². The highest BCUT2D eigenvalue weighted by atomic mass is 19.4. The van der Waals surface area contributed by atoms with E-state index in [-0.39, 0.29) is 23.8 Å². The Hall–Kier alpha value is -3.23. The van der Waals surface area contributed by atoms with Gasteiger partial charge in [-0.2, -0.15) is 13.2 Å². The van der Waals surface area contributed by atoms with E-state index in [9.17, 15) is 22.8 Å². The largest absolute Gasteiger partial charge is 0.482 e. The summed E-state index contributed by atoms with van der Waals surface area (Å²) in [5.41, 5.74) is 1.59. The van der Waals surface area contributed by atoms with E-state index in [4.69, 9.17) is 4.74 Å². The van der Waals surface area contributed by atoms with Gasteiger partial charge in [0.2, 0.25) is 5.91 Å². The Balaban J connectivity index is 1.31. The standard InChI is InChI=1S/C27H32F3N3O3/c1-26(2,3)19-9-10-23-22(17-19)33(25(35)18-36-23)11-5-8-24(34)32-14-12-31(13-15-32)21-7-4-6-20(16-21)27(28,29)30/h4,6-7,9-10,16-17H,5,8,11-15,18H2,1-3H3. The molecular weight excluding hydrogens is 471 g/mol. The molecule has 0 N–H and O–H groups in total. The summed E-state index contributed by atoms with van der Waals surface area (Å²) in [7, 11) is 0. The molecule has 2 aliphatic heterocycles. The van der Waals surface area contributed by atoms with Crippen LogP contribution >= 0.6 is 0 Å². The lowest BCUT2D eigenvalue weighted by Crippen LogP contribution is -2.49. The normalized spacial score (nSPS) is 16.6. The molecule has 194 valence electrons. The number of ether oxygens (including phenoxy) is 1. The minimum absolute atomic E-state index is 0.0110. The Kier molecular flexibility index (Phi) is 7.20. The number of piperazine rings is 1. The van der Waals surface area contributed by atoms with E-state index >= 15 is 0 Å². The number of fused-ring (bicyclic) bond motifs is 1. The van der Waals surface area contributed by atoms with Gasteiger partial charge in [-0.3, -0.25) is 9.59 Å². The van der Waals surface area contributed by atoms with Crippen molar-refractivity contribution in [2.45, 2.75) is 45.2 Å². The number of benzene rings is 2. The minimum atomic E-state index is -4.38. The van der Waals surface area contributed by atoms with Crippen LogP contribution in [0.25, 0.3) is 0 Å². The lowest BCUT2D eigenvalue weighted by Gasteiger charge is -2.36. The summed E-state index contributed by atoms with van der Waals surface area (Å²) < 4.78 is 44.7. The molecule has 2 amide bonds. The Morgan fingerprint density at radius 2 is 1.69 bits per heavy atom. The molecule has 6 nitrogen and oxygen atoms in total. The molecule has 0 spiro atoms. The van der Waals surface area contributed by atoms with Crippen LogP contribution in [0.15, 0.2) is 42.5 Å². The molecule has 2 heterocycles. The van der Waals surface area contributed by atoms with Gasteiger partial charge in [0.15, 0.2) is 6.61 Å². The van der Waals surface area contributed by atoms with E-state index in [1.54, 1.807) is 15.9 Å². The van der Waals surface area contributed by atoms with E-state index in [0.717, 1.165) is 23.4 Å². The van der Waals surface area contributed by atoms with Gasteiger partial charge in [0.25, 0.3) is 5.91 Å². The molecule has 1 fully saturated rings. The van der Waals surface area contributed by atoms with Crippen molar-refractivity contribution < 1.29 is 27.5 Å². The fourth-order valence-electron chi connectivity index (χ4n) is 4.55. The second kappa shape index (κ2) is 10.0. The van der Waals surface area contributed by atoms with Gasteiger partial charge < -0.3 is 19.4 Å². The van der Waals surface area contributed by atoms with Gasteiger partial charge in [-0.25, -0.2) is 0 Å². The third-order valence-electron chi connectivity index (χ3n) is 6.71. The Morgan fingerprint density at radius 1 is 0.972 bits per heavy atom. The Labute approximate surface area is 209 Å². The van der Waals surface area contributed by atoms with Crippen LogP contribution in [0.5, 0.6) is 5.75 Å². The first-order valence-corrected chi connectivity index (χ1v) is 12.2. The number of carbonyl (C=O) groups excluding carboxylic acids is 2. The van der Waals surface area contributed by atoms with Crippen LogP contribution in [0, 0.1) is 0 Å². The fourth-order valence-corrected chi connectivity index (χ4v) is 4.55. The molecule has 0 atom stereocenters. The van der Waals surface area contributed by atoms with Crippen LogP contribution in [0.2, 0.25) is 0 Å².